The summed E-state index contributed by atoms with van der Waals surface area (Å²) in [6, 6.07) is 0. The minimum Gasteiger partial charge on any atom is -0.386 e. The number of allylic oxidation sites excluding steroid dienone is 3. The Morgan fingerprint density at radius 2 is 2.25 bits per heavy atom. The standard InChI is InChI=1S/C15H26O/c1-12(2)6-5-7-13(3)14-8-10-15(4,16)11-9-14/h6,8,10,13-14,16H,5,7,9,11H2,1-4H3. The van der Waals surface area contributed by atoms with Crippen LogP contribution in [0.2, 0.25) is 0 Å². The van der Waals surface area contributed by atoms with Gasteiger partial charge in [-0.1, -0.05) is 30.7 Å². The average Bonchev–Trinajstić information content (AvgIpc) is 2.16. The van der Waals surface area contributed by atoms with Crippen molar-refractivity contribution in [1.29, 1.82) is 0 Å². The number of hydrogen-bond acceptors (Lipinski definition) is 1. The van der Waals surface area contributed by atoms with Crippen molar-refractivity contribution < 1.29 is 5.11 Å². The van der Waals surface area contributed by atoms with Gasteiger partial charge in [-0.05, 0) is 58.3 Å². The summed E-state index contributed by atoms with van der Waals surface area (Å²) >= 11 is 0. The fraction of sp³-hybridized carbons (Fsp3) is 0.733. The highest BCUT2D eigenvalue weighted by atomic mass is 16.3. The molecule has 1 N–H and O–H groups in total. The molecule has 1 nitrogen and oxygen atoms in total. The second-order valence-corrected chi connectivity index (χ2v) is 5.75. The Balaban J connectivity index is 2.39. The van der Waals surface area contributed by atoms with Gasteiger partial charge < -0.3 is 5.11 Å². The maximum absolute atomic E-state index is 9.83. The van der Waals surface area contributed by atoms with E-state index in [0.717, 1.165) is 18.8 Å². The van der Waals surface area contributed by atoms with Crippen LogP contribution in [-0.4, -0.2) is 10.7 Å². The summed E-state index contributed by atoms with van der Waals surface area (Å²) < 4.78 is 0. The molecule has 1 aliphatic carbocycles. The van der Waals surface area contributed by atoms with Gasteiger partial charge in [0.15, 0.2) is 0 Å². The van der Waals surface area contributed by atoms with Gasteiger partial charge in [0.2, 0.25) is 0 Å². The molecule has 0 spiro atoms. The summed E-state index contributed by atoms with van der Waals surface area (Å²) in [6.07, 6.45) is 11.0. The second-order valence-electron chi connectivity index (χ2n) is 5.75. The predicted molar refractivity (Wildman–Crippen MR) is 70.3 cm³/mol. The molecule has 0 aromatic carbocycles. The van der Waals surface area contributed by atoms with Gasteiger partial charge in [0, 0.05) is 0 Å². The summed E-state index contributed by atoms with van der Waals surface area (Å²) in [6.45, 7) is 8.53. The number of hydrogen-bond donors (Lipinski definition) is 1. The van der Waals surface area contributed by atoms with Gasteiger partial charge in [0.1, 0.15) is 0 Å². The van der Waals surface area contributed by atoms with Gasteiger partial charge in [-0.3, -0.25) is 0 Å². The third-order valence-electron chi connectivity index (χ3n) is 3.59. The Morgan fingerprint density at radius 3 is 2.75 bits per heavy atom. The van der Waals surface area contributed by atoms with E-state index < -0.39 is 5.60 Å². The first-order chi connectivity index (χ1) is 7.41. The Hall–Kier alpha value is -0.560. The lowest BCUT2D eigenvalue weighted by Gasteiger charge is -2.30. The first-order valence-corrected chi connectivity index (χ1v) is 6.46. The molecule has 0 fully saturated rings. The molecule has 1 heteroatoms. The minimum atomic E-state index is -0.559. The molecule has 92 valence electrons. The molecule has 0 heterocycles. The lowest BCUT2D eigenvalue weighted by molar-refractivity contribution is 0.0833. The van der Waals surface area contributed by atoms with Crippen molar-refractivity contribution in [3.63, 3.8) is 0 Å². The highest BCUT2D eigenvalue weighted by Crippen LogP contribution is 2.31. The van der Waals surface area contributed by atoms with Crippen molar-refractivity contribution in [3.05, 3.63) is 23.8 Å². The Kier molecular flexibility index (Phi) is 4.79. The molecular formula is C15H26O. The molecule has 0 radical (unpaired) electrons. The Bertz CT molecular complexity index is 269. The average molecular weight is 222 g/mol. The van der Waals surface area contributed by atoms with Crippen molar-refractivity contribution in [3.8, 4) is 0 Å². The van der Waals surface area contributed by atoms with E-state index in [9.17, 15) is 5.11 Å². The summed E-state index contributed by atoms with van der Waals surface area (Å²) in [5.74, 6) is 1.38. The molecular weight excluding hydrogens is 196 g/mol. The largest absolute Gasteiger partial charge is 0.386 e. The van der Waals surface area contributed by atoms with E-state index in [1.807, 2.05) is 13.0 Å². The lowest BCUT2D eigenvalue weighted by atomic mass is 9.79. The van der Waals surface area contributed by atoms with Crippen LogP contribution in [-0.2, 0) is 0 Å². The van der Waals surface area contributed by atoms with E-state index >= 15 is 0 Å². The highest BCUT2D eigenvalue weighted by molar-refractivity contribution is 5.06. The normalized spacial score (nSPS) is 31.2. The summed E-state index contributed by atoms with van der Waals surface area (Å²) in [5.41, 5.74) is 0.852. The van der Waals surface area contributed by atoms with E-state index in [-0.39, 0.29) is 0 Å². The summed E-state index contributed by atoms with van der Waals surface area (Å²) in [7, 11) is 0. The number of aliphatic hydroxyl groups is 1. The Morgan fingerprint density at radius 1 is 1.56 bits per heavy atom. The Labute approximate surface area is 100 Å². The van der Waals surface area contributed by atoms with Crippen LogP contribution >= 0.6 is 0 Å². The van der Waals surface area contributed by atoms with Crippen molar-refractivity contribution in [2.45, 2.75) is 59.0 Å². The van der Waals surface area contributed by atoms with E-state index in [1.54, 1.807) is 0 Å². The zero-order valence-electron chi connectivity index (χ0n) is 11.2. The SMILES string of the molecule is CC(C)=CCCC(C)C1C=CC(C)(O)CC1. The summed E-state index contributed by atoms with van der Waals surface area (Å²) in [5, 5.41) is 9.83. The van der Waals surface area contributed by atoms with Crippen LogP contribution in [0.1, 0.15) is 53.4 Å². The molecule has 0 aliphatic heterocycles. The van der Waals surface area contributed by atoms with Crippen LogP contribution in [0.3, 0.4) is 0 Å². The van der Waals surface area contributed by atoms with E-state index in [2.05, 4.69) is 32.9 Å². The molecule has 3 unspecified atom stereocenters. The van der Waals surface area contributed by atoms with Crippen molar-refractivity contribution >= 4 is 0 Å². The molecule has 1 aliphatic rings. The minimum absolute atomic E-state index is 0.559. The third kappa shape index (κ3) is 4.52. The molecule has 1 rings (SSSR count). The monoisotopic (exact) mass is 222 g/mol. The van der Waals surface area contributed by atoms with E-state index in [1.165, 1.54) is 18.4 Å². The van der Waals surface area contributed by atoms with Crippen LogP contribution < -0.4 is 0 Å². The zero-order valence-corrected chi connectivity index (χ0v) is 11.2. The lowest BCUT2D eigenvalue weighted by Crippen LogP contribution is -2.27. The first-order valence-electron chi connectivity index (χ1n) is 6.46. The third-order valence-corrected chi connectivity index (χ3v) is 3.59. The van der Waals surface area contributed by atoms with Gasteiger partial charge in [-0.2, -0.15) is 0 Å². The van der Waals surface area contributed by atoms with Crippen molar-refractivity contribution in [1.82, 2.24) is 0 Å². The van der Waals surface area contributed by atoms with Crippen molar-refractivity contribution in [2.24, 2.45) is 11.8 Å². The number of rotatable bonds is 4. The maximum atomic E-state index is 9.83. The van der Waals surface area contributed by atoms with Gasteiger partial charge >= 0.3 is 0 Å². The van der Waals surface area contributed by atoms with Crippen LogP contribution in [0, 0.1) is 11.8 Å². The molecule has 0 saturated heterocycles. The molecule has 3 atom stereocenters. The molecule has 0 amide bonds. The van der Waals surface area contributed by atoms with Crippen LogP contribution in [0.4, 0.5) is 0 Å². The first kappa shape index (κ1) is 13.5. The summed E-state index contributed by atoms with van der Waals surface area (Å²) in [4.78, 5) is 0. The zero-order chi connectivity index (χ0) is 12.2. The quantitative estimate of drug-likeness (QED) is 0.710. The van der Waals surface area contributed by atoms with E-state index in [0.29, 0.717) is 5.92 Å². The van der Waals surface area contributed by atoms with E-state index in [4.69, 9.17) is 0 Å². The fourth-order valence-corrected chi connectivity index (χ4v) is 2.29. The predicted octanol–water partition coefficient (Wildman–Crippen LogP) is 4.09. The molecule has 0 aromatic rings. The van der Waals surface area contributed by atoms with Crippen LogP contribution in [0.5, 0.6) is 0 Å². The van der Waals surface area contributed by atoms with Gasteiger partial charge in [-0.25, -0.2) is 0 Å². The maximum Gasteiger partial charge on any atom is 0.0800 e. The van der Waals surface area contributed by atoms with Crippen molar-refractivity contribution in [2.75, 3.05) is 0 Å². The molecule has 16 heavy (non-hydrogen) atoms. The molecule has 0 aromatic heterocycles. The fourth-order valence-electron chi connectivity index (χ4n) is 2.29. The highest BCUT2D eigenvalue weighted by Gasteiger charge is 2.25. The topological polar surface area (TPSA) is 20.2 Å². The van der Waals surface area contributed by atoms with Gasteiger partial charge in [0.25, 0.3) is 0 Å². The second kappa shape index (κ2) is 5.67. The smallest absolute Gasteiger partial charge is 0.0800 e. The van der Waals surface area contributed by atoms with Gasteiger partial charge in [-0.15, -0.1) is 0 Å². The van der Waals surface area contributed by atoms with Crippen LogP contribution in [0.15, 0.2) is 23.8 Å². The van der Waals surface area contributed by atoms with Crippen LogP contribution in [0.25, 0.3) is 0 Å². The molecule has 0 saturated carbocycles. The molecule has 0 bridgehead atoms. The van der Waals surface area contributed by atoms with Gasteiger partial charge in [0.05, 0.1) is 5.60 Å².